The maximum Gasteiger partial charge on any atom is 0.156 e. The van der Waals surface area contributed by atoms with Gasteiger partial charge in [0.25, 0.3) is 0 Å². The van der Waals surface area contributed by atoms with Gasteiger partial charge in [-0.1, -0.05) is 23.2 Å². The highest BCUT2D eigenvalue weighted by molar-refractivity contribution is 6.37. The second kappa shape index (κ2) is 6.81. The fourth-order valence-corrected chi connectivity index (χ4v) is 1.70. The lowest BCUT2D eigenvalue weighted by atomic mass is 10.3. The molecule has 0 unspecified atom stereocenters. The van der Waals surface area contributed by atoms with Crippen LogP contribution in [0.3, 0.4) is 0 Å². The first-order chi connectivity index (χ1) is 7.65. The Labute approximate surface area is 104 Å². The zero-order valence-electron chi connectivity index (χ0n) is 8.58. The van der Waals surface area contributed by atoms with Crippen LogP contribution in [0.1, 0.15) is 0 Å². The van der Waals surface area contributed by atoms with Crippen molar-refractivity contribution >= 4 is 28.9 Å². The van der Waals surface area contributed by atoms with Crippen molar-refractivity contribution in [2.45, 2.75) is 0 Å². The average Bonchev–Trinajstić information content (AvgIpc) is 2.20. The summed E-state index contributed by atoms with van der Waals surface area (Å²) in [6.07, 6.45) is 0. The van der Waals surface area contributed by atoms with Crippen LogP contribution in [-0.4, -0.2) is 31.5 Å². The minimum absolute atomic E-state index is 0.0105. The van der Waals surface area contributed by atoms with Crippen molar-refractivity contribution in [1.29, 1.82) is 0 Å². The molecule has 6 heteroatoms. The van der Waals surface area contributed by atoms with Crippen molar-refractivity contribution < 1.29 is 14.6 Å². The van der Waals surface area contributed by atoms with Crippen molar-refractivity contribution in [2.75, 3.05) is 32.2 Å². The molecule has 4 nitrogen and oxygen atoms in total. The van der Waals surface area contributed by atoms with Crippen molar-refractivity contribution in [3.05, 3.63) is 22.2 Å². The summed E-state index contributed by atoms with van der Waals surface area (Å²) in [5, 5.41) is 9.21. The van der Waals surface area contributed by atoms with Gasteiger partial charge in [-0.25, -0.2) is 0 Å². The van der Waals surface area contributed by atoms with Crippen LogP contribution >= 0.6 is 23.2 Å². The molecule has 0 atom stereocenters. The van der Waals surface area contributed by atoms with E-state index in [2.05, 4.69) is 0 Å². The first-order valence-corrected chi connectivity index (χ1v) is 5.46. The molecule has 0 amide bonds. The molecule has 1 aromatic rings. The molecule has 0 bridgehead atoms. The summed E-state index contributed by atoms with van der Waals surface area (Å²) in [5.74, 6) is 0.394. The highest BCUT2D eigenvalue weighted by Crippen LogP contribution is 2.34. The molecule has 0 heterocycles. The Morgan fingerprint density at radius 1 is 1.12 bits per heavy atom. The van der Waals surface area contributed by atoms with Gasteiger partial charge in [0.1, 0.15) is 6.61 Å². The second-order valence-corrected chi connectivity index (χ2v) is 3.81. The molecule has 0 fully saturated rings. The van der Waals surface area contributed by atoms with Crippen LogP contribution in [0.2, 0.25) is 10.0 Å². The van der Waals surface area contributed by atoms with Crippen LogP contribution in [0.15, 0.2) is 12.1 Å². The lowest BCUT2D eigenvalue weighted by molar-refractivity contribution is 0.0705. The number of halogens is 2. The molecule has 0 saturated heterocycles. The van der Waals surface area contributed by atoms with E-state index in [1.54, 1.807) is 12.1 Å². The fraction of sp³-hybridized carbons (Fsp3) is 0.400. The lowest BCUT2D eigenvalue weighted by Crippen LogP contribution is -2.09. The van der Waals surface area contributed by atoms with Crippen LogP contribution in [0.5, 0.6) is 5.75 Å². The van der Waals surface area contributed by atoms with Gasteiger partial charge >= 0.3 is 0 Å². The smallest absolute Gasteiger partial charge is 0.156 e. The maximum atomic E-state index is 8.48. The SMILES string of the molecule is Nc1cc(Cl)c(OCCOCCO)c(Cl)c1. The van der Waals surface area contributed by atoms with Gasteiger partial charge in [0, 0.05) is 5.69 Å². The van der Waals surface area contributed by atoms with Crippen molar-refractivity contribution in [3.8, 4) is 5.75 Å². The van der Waals surface area contributed by atoms with E-state index in [4.69, 9.17) is 43.5 Å². The minimum Gasteiger partial charge on any atom is -0.488 e. The Kier molecular flexibility index (Phi) is 5.69. The number of hydrogen-bond donors (Lipinski definition) is 2. The maximum absolute atomic E-state index is 8.48. The Morgan fingerprint density at radius 2 is 1.75 bits per heavy atom. The summed E-state index contributed by atoms with van der Waals surface area (Å²) < 4.78 is 10.4. The summed E-state index contributed by atoms with van der Waals surface area (Å²) in [5.41, 5.74) is 6.03. The normalized spacial score (nSPS) is 10.4. The van der Waals surface area contributed by atoms with Crippen molar-refractivity contribution in [3.63, 3.8) is 0 Å². The predicted octanol–water partition coefficient (Wildman–Crippen LogP) is 1.96. The monoisotopic (exact) mass is 265 g/mol. The van der Waals surface area contributed by atoms with Gasteiger partial charge in [0.2, 0.25) is 0 Å². The van der Waals surface area contributed by atoms with E-state index in [0.717, 1.165) is 0 Å². The van der Waals surface area contributed by atoms with Crippen LogP contribution in [0.25, 0.3) is 0 Å². The van der Waals surface area contributed by atoms with Crippen molar-refractivity contribution in [2.24, 2.45) is 0 Å². The molecule has 3 N–H and O–H groups in total. The van der Waals surface area contributed by atoms with E-state index in [1.807, 2.05) is 0 Å². The summed E-state index contributed by atoms with van der Waals surface area (Å²) in [6, 6.07) is 3.13. The third-order valence-corrected chi connectivity index (χ3v) is 2.29. The van der Waals surface area contributed by atoms with Gasteiger partial charge in [0.05, 0.1) is 29.9 Å². The van der Waals surface area contributed by atoms with Crippen LogP contribution < -0.4 is 10.5 Å². The van der Waals surface area contributed by atoms with Gasteiger partial charge in [-0.15, -0.1) is 0 Å². The van der Waals surface area contributed by atoms with E-state index in [-0.39, 0.29) is 13.2 Å². The van der Waals surface area contributed by atoms with E-state index >= 15 is 0 Å². The number of nitrogens with two attached hydrogens (primary N) is 1. The largest absolute Gasteiger partial charge is 0.488 e. The summed E-state index contributed by atoms with van der Waals surface area (Å²) in [7, 11) is 0. The number of hydrogen-bond acceptors (Lipinski definition) is 4. The third-order valence-electron chi connectivity index (χ3n) is 1.73. The Hall–Kier alpha value is -0.680. The second-order valence-electron chi connectivity index (χ2n) is 3.00. The molecule has 0 spiro atoms. The van der Waals surface area contributed by atoms with Gasteiger partial charge in [-0.05, 0) is 12.1 Å². The van der Waals surface area contributed by atoms with Gasteiger partial charge in [0.15, 0.2) is 5.75 Å². The quantitative estimate of drug-likeness (QED) is 0.610. The molecule has 1 aromatic carbocycles. The van der Waals surface area contributed by atoms with Gasteiger partial charge in [-0.3, -0.25) is 0 Å². The van der Waals surface area contributed by atoms with Gasteiger partial charge in [-0.2, -0.15) is 0 Å². The molecule has 0 aromatic heterocycles. The number of anilines is 1. The van der Waals surface area contributed by atoms with Gasteiger partial charge < -0.3 is 20.3 Å². The number of nitrogen functional groups attached to an aromatic ring is 1. The molecule has 0 radical (unpaired) electrons. The van der Waals surface area contributed by atoms with E-state index in [1.165, 1.54) is 0 Å². The predicted molar refractivity (Wildman–Crippen MR) is 64.3 cm³/mol. The van der Waals surface area contributed by atoms with E-state index < -0.39 is 0 Å². The van der Waals surface area contributed by atoms with Crippen LogP contribution in [0.4, 0.5) is 5.69 Å². The Bertz CT molecular complexity index is 324. The standard InChI is InChI=1S/C10H13Cl2NO3/c11-8-5-7(13)6-9(12)10(8)16-4-3-15-2-1-14/h5-6,14H,1-4,13H2. The van der Waals surface area contributed by atoms with E-state index in [9.17, 15) is 0 Å². The third kappa shape index (κ3) is 4.06. The number of rotatable bonds is 6. The number of aliphatic hydroxyl groups is 1. The Morgan fingerprint density at radius 3 is 2.31 bits per heavy atom. The molecule has 0 aliphatic carbocycles. The summed E-state index contributed by atoms with van der Waals surface area (Å²) in [6.45, 7) is 0.941. The molecular weight excluding hydrogens is 253 g/mol. The first-order valence-electron chi connectivity index (χ1n) is 4.71. The van der Waals surface area contributed by atoms with Crippen LogP contribution in [-0.2, 0) is 4.74 Å². The minimum atomic E-state index is -0.0105. The number of benzene rings is 1. The molecule has 16 heavy (non-hydrogen) atoms. The van der Waals surface area contributed by atoms with Crippen LogP contribution in [0, 0.1) is 0 Å². The molecule has 1 rings (SSSR count). The van der Waals surface area contributed by atoms with Crippen molar-refractivity contribution in [1.82, 2.24) is 0 Å². The molecule has 0 aliphatic heterocycles. The zero-order valence-corrected chi connectivity index (χ0v) is 10.1. The molecule has 90 valence electrons. The molecular formula is C10H13Cl2NO3. The average molecular weight is 266 g/mol. The Balaban J connectivity index is 2.47. The lowest BCUT2D eigenvalue weighted by Gasteiger charge is -2.10. The summed E-state index contributed by atoms with van der Waals surface area (Å²) in [4.78, 5) is 0. The van der Waals surface area contributed by atoms with E-state index in [0.29, 0.717) is 34.7 Å². The molecule has 0 saturated carbocycles. The molecule has 0 aliphatic rings. The fourth-order valence-electron chi connectivity index (χ4n) is 1.09. The topological polar surface area (TPSA) is 64.7 Å². The highest BCUT2D eigenvalue weighted by atomic mass is 35.5. The first kappa shape index (κ1) is 13.4. The summed E-state index contributed by atoms with van der Waals surface area (Å²) >= 11 is 11.8. The number of ether oxygens (including phenoxy) is 2. The highest BCUT2D eigenvalue weighted by Gasteiger charge is 2.08. The number of aliphatic hydroxyl groups excluding tert-OH is 1. The zero-order chi connectivity index (χ0) is 12.0.